The van der Waals surface area contributed by atoms with Gasteiger partial charge in [-0.1, -0.05) is 28.9 Å². The predicted octanol–water partition coefficient (Wildman–Crippen LogP) is 5.98. The number of ketones is 1. The quantitative estimate of drug-likeness (QED) is 0.279. The maximum atomic E-state index is 12.8. The Morgan fingerprint density at radius 2 is 1.72 bits per heavy atom. The van der Waals surface area contributed by atoms with Crippen LogP contribution in [0.5, 0.6) is 0 Å². The Hall–Kier alpha value is -2.18. The van der Waals surface area contributed by atoms with Crippen molar-refractivity contribution in [1.29, 1.82) is 0 Å². The van der Waals surface area contributed by atoms with Crippen LogP contribution in [0.1, 0.15) is 15.9 Å². The van der Waals surface area contributed by atoms with Crippen molar-refractivity contribution in [1.82, 2.24) is 5.16 Å². The normalized spacial score (nSPS) is 11.0. The summed E-state index contributed by atoms with van der Waals surface area (Å²) in [5.41, 5.74) is 3.41. The van der Waals surface area contributed by atoms with Gasteiger partial charge in [-0.3, -0.25) is 4.79 Å². The van der Waals surface area contributed by atoms with E-state index in [9.17, 15) is 4.79 Å². The summed E-state index contributed by atoms with van der Waals surface area (Å²) in [6.45, 7) is 0. The summed E-state index contributed by atoms with van der Waals surface area (Å²) in [6.07, 6.45) is 0. The number of carbonyl (C=O) groups is 1. The van der Waals surface area contributed by atoms with Crippen molar-refractivity contribution < 1.29 is 9.32 Å². The highest BCUT2D eigenvalue weighted by Crippen LogP contribution is 2.30. The Morgan fingerprint density at radius 1 is 0.960 bits per heavy atom. The molecular weight excluding hydrogens is 449 g/mol. The third kappa shape index (κ3) is 3.19. The van der Waals surface area contributed by atoms with Crippen molar-refractivity contribution in [3.63, 3.8) is 0 Å². The molecule has 4 aromatic rings. The van der Waals surface area contributed by atoms with Gasteiger partial charge in [-0.2, -0.15) is 0 Å². The average molecular weight is 460 g/mol. The van der Waals surface area contributed by atoms with E-state index in [1.165, 1.54) is 0 Å². The maximum Gasteiger partial charge on any atom is 0.193 e. The Bertz CT molecular complexity index is 1090. The first-order valence-corrected chi connectivity index (χ1v) is 9.03. The van der Waals surface area contributed by atoms with Crippen LogP contribution in [-0.4, -0.2) is 10.9 Å². The molecule has 1 heterocycles. The first kappa shape index (κ1) is 16.3. The lowest BCUT2D eigenvalue weighted by Gasteiger charge is -2.03. The van der Waals surface area contributed by atoms with Gasteiger partial charge in [0.1, 0.15) is 5.69 Å². The number of halogens is 2. The smallest absolute Gasteiger partial charge is 0.193 e. The van der Waals surface area contributed by atoms with Crippen molar-refractivity contribution in [3.05, 3.63) is 86.4 Å². The Labute approximate surface area is 162 Å². The van der Waals surface area contributed by atoms with Crippen LogP contribution in [-0.2, 0) is 0 Å². The monoisotopic (exact) mass is 459 g/mol. The molecule has 0 radical (unpaired) electrons. The minimum Gasteiger partial charge on any atom is -0.356 e. The van der Waals surface area contributed by atoms with E-state index in [0.717, 1.165) is 14.5 Å². The largest absolute Gasteiger partial charge is 0.356 e. The SMILES string of the molecule is O=C(c1ccc(I)cc1)c1ccc2onc(-c3cccc(Cl)c3)c2c1. The highest BCUT2D eigenvalue weighted by Gasteiger charge is 2.15. The summed E-state index contributed by atoms with van der Waals surface area (Å²) >= 11 is 8.29. The van der Waals surface area contributed by atoms with E-state index in [1.54, 1.807) is 18.2 Å². The molecule has 0 spiro atoms. The Kier molecular flexibility index (Phi) is 4.31. The summed E-state index contributed by atoms with van der Waals surface area (Å²) in [5, 5.41) is 5.56. The van der Waals surface area contributed by atoms with Crippen LogP contribution in [0, 0.1) is 3.57 Å². The number of rotatable bonds is 3. The van der Waals surface area contributed by atoms with Crippen LogP contribution < -0.4 is 0 Å². The van der Waals surface area contributed by atoms with Gasteiger partial charge in [0.25, 0.3) is 0 Å². The lowest BCUT2D eigenvalue weighted by molar-refractivity contribution is 0.103. The number of hydrogen-bond donors (Lipinski definition) is 0. The first-order chi connectivity index (χ1) is 12.1. The molecule has 0 saturated heterocycles. The van der Waals surface area contributed by atoms with Crippen molar-refractivity contribution in [2.75, 3.05) is 0 Å². The van der Waals surface area contributed by atoms with E-state index in [1.807, 2.05) is 48.5 Å². The average Bonchev–Trinajstić information content (AvgIpc) is 3.05. The fraction of sp³-hybridized carbons (Fsp3) is 0. The third-order valence-electron chi connectivity index (χ3n) is 3.94. The second-order valence-electron chi connectivity index (χ2n) is 5.59. The van der Waals surface area contributed by atoms with Crippen LogP contribution in [0.3, 0.4) is 0 Å². The van der Waals surface area contributed by atoms with Crippen molar-refractivity contribution in [2.24, 2.45) is 0 Å². The van der Waals surface area contributed by atoms with Crippen LogP contribution in [0.4, 0.5) is 0 Å². The lowest BCUT2D eigenvalue weighted by Crippen LogP contribution is -2.00. The number of hydrogen-bond acceptors (Lipinski definition) is 3. The van der Waals surface area contributed by atoms with Gasteiger partial charge in [-0.05, 0) is 77.2 Å². The van der Waals surface area contributed by atoms with Crippen molar-refractivity contribution in [3.8, 4) is 11.3 Å². The Balaban J connectivity index is 1.81. The molecule has 0 atom stereocenters. The molecule has 0 saturated carbocycles. The molecular formula is C20H11ClINO2. The van der Waals surface area contributed by atoms with Crippen molar-refractivity contribution in [2.45, 2.75) is 0 Å². The second kappa shape index (κ2) is 6.61. The molecule has 122 valence electrons. The molecule has 3 nitrogen and oxygen atoms in total. The molecule has 0 aliphatic heterocycles. The summed E-state index contributed by atoms with van der Waals surface area (Å²) < 4.78 is 6.48. The molecule has 3 aromatic carbocycles. The molecule has 0 bridgehead atoms. The molecule has 25 heavy (non-hydrogen) atoms. The molecule has 0 N–H and O–H groups in total. The molecule has 0 amide bonds. The van der Waals surface area contributed by atoms with E-state index in [0.29, 0.717) is 27.4 Å². The molecule has 4 rings (SSSR count). The van der Waals surface area contributed by atoms with Crippen LogP contribution >= 0.6 is 34.2 Å². The number of carbonyl (C=O) groups excluding carboxylic acids is 1. The third-order valence-corrected chi connectivity index (χ3v) is 4.89. The van der Waals surface area contributed by atoms with E-state index >= 15 is 0 Å². The summed E-state index contributed by atoms with van der Waals surface area (Å²) in [6, 6.07) is 20.3. The fourth-order valence-corrected chi connectivity index (χ4v) is 3.24. The topological polar surface area (TPSA) is 43.1 Å². The second-order valence-corrected chi connectivity index (χ2v) is 7.27. The van der Waals surface area contributed by atoms with Gasteiger partial charge >= 0.3 is 0 Å². The van der Waals surface area contributed by atoms with Crippen LogP contribution in [0.2, 0.25) is 5.02 Å². The molecule has 0 unspecified atom stereocenters. The van der Waals surface area contributed by atoms with Gasteiger partial charge in [-0.15, -0.1) is 0 Å². The maximum absolute atomic E-state index is 12.8. The van der Waals surface area contributed by atoms with Gasteiger partial charge in [-0.25, -0.2) is 0 Å². The molecule has 0 fully saturated rings. The highest BCUT2D eigenvalue weighted by atomic mass is 127. The predicted molar refractivity (Wildman–Crippen MR) is 107 cm³/mol. The number of benzene rings is 3. The number of aromatic nitrogens is 1. The van der Waals surface area contributed by atoms with E-state index in [4.69, 9.17) is 16.1 Å². The zero-order valence-corrected chi connectivity index (χ0v) is 15.8. The zero-order valence-electron chi connectivity index (χ0n) is 12.9. The lowest BCUT2D eigenvalue weighted by atomic mass is 10.0. The zero-order chi connectivity index (χ0) is 17.4. The van der Waals surface area contributed by atoms with Gasteiger partial charge in [0.2, 0.25) is 0 Å². The molecule has 1 aromatic heterocycles. The summed E-state index contributed by atoms with van der Waals surface area (Å²) in [4.78, 5) is 12.8. The van der Waals surface area contributed by atoms with Gasteiger partial charge < -0.3 is 4.52 Å². The van der Waals surface area contributed by atoms with Crippen LogP contribution in [0.15, 0.2) is 71.3 Å². The molecule has 0 aliphatic rings. The number of fused-ring (bicyclic) bond motifs is 1. The van der Waals surface area contributed by atoms with E-state index < -0.39 is 0 Å². The molecule has 5 heteroatoms. The number of nitrogens with zero attached hydrogens (tertiary/aromatic N) is 1. The Morgan fingerprint density at radius 3 is 2.48 bits per heavy atom. The van der Waals surface area contributed by atoms with E-state index in [-0.39, 0.29) is 5.78 Å². The van der Waals surface area contributed by atoms with Gasteiger partial charge in [0.15, 0.2) is 11.4 Å². The fourth-order valence-electron chi connectivity index (χ4n) is 2.69. The first-order valence-electron chi connectivity index (χ1n) is 7.57. The minimum absolute atomic E-state index is 0.0310. The minimum atomic E-state index is -0.0310. The highest BCUT2D eigenvalue weighted by molar-refractivity contribution is 14.1. The van der Waals surface area contributed by atoms with E-state index in [2.05, 4.69) is 27.7 Å². The van der Waals surface area contributed by atoms with Crippen LogP contribution in [0.25, 0.3) is 22.2 Å². The molecule has 0 aliphatic carbocycles. The summed E-state index contributed by atoms with van der Waals surface area (Å²) in [7, 11) is 0. The van der Waals surface area contributed by atoms with Gasteiger partial charge in [0.05, 0.1) is 5.39 Å². The van der Waals surface area contributed by atoms with Crippen molar-refractivity contribution >= 4 is 50.9 Å². The van der Waals surface area contributed by atoms with Gasteiger partial charge in [0, 0.05) is 25.3 Å². The standard InChI is InChI=1S/C20H11ClINO2/c21-15-3-1-2-13(10-15)19-17-11-14(6-9-18(17)25-23-19)20(24)12-4-7-16(22)8-5-12/h1-11H. The summed E-state index contributed by atoms with van der Waals surface area (Å²) in [5.74, 6) is -0.0310.